The highest BCUT2D eigenvalue weighted by Gasteiger charge is 2.45. The van der Waals surface area contributed by atoms with E-state index in [4.69, 9.17) is 4.74 Å². The van der Waals surface area contributed by atoms with Crippen molar-refractivity contribution in [1.29, 1.82) is 0 Å². The first-order chi connectivity index (χ1) is 12.9. The van der Waals surface area contributed by atoms with Crippen molar-refractivity contribution >= 4 is 17.5 Å². The van der Waals surface area contributed by atoms with Gasteiger partial charge in [-0.2, -0.15) is 0 Å². The van der Waals surface area contributed by atoms with Gasteiger partial charge in [-0.3, -0.25) is 9.59 Å². The van der Waals surface area contributed by atoms with Gasteiger partial charge in [-0.15, -0.1) is 0 Å². The summed E-state index contributed by atoms with van der Waals surface area (Å²) in [5, 5.41) is 10.9. The second-order valence-electron chi connectivity index (χ2n) is 9.10. The molecule has 0 amide bonds. The summed E-state index contributed by atoms with van der Waals surface area (Å²) in [5.74, 6) is -1.12. The van der Waals surface area contributed by atoms with Crippen LogP contribution < -0.4 is 0 Å². The Bertz CT molecular complexity index is 704. The van der Waals surface area contributed by atoms with Crippen molar-refractivity contribution < 1.29 is 29.7 Å². The van der Waals surface area contributed by atoms with Crippen LogP contribution in [0.25, 0.3) is 0 Å². The van der Waals surface area contributed by atoms with Crippen molar-refractivity contribution in [3.8, 4) is 0 Å². The normalized spacial score (nSPS) is 35.3. The molecule has 6 nitrogen and oxygen atoms in total. The maximum absolute atomic E-state index is 13.0. The highest BCUT2D eigenvalue weighted by Crippen LogP contribution is 2.43. The Kier molecular flexibility index (Phi) is 8.54. The molecule has 164 valence electrons. The van der Waals surface area contributed by atoms with Gasteiger partial charge in [0.05, 0.1) is 6.10 Å². The van der Waals surface area contributed by atoms with Crippen molar-refractivity contribution in [2.24, 2.45) is 23.7 Å². The van der Waals surface area contributed by atoms with E-state index in [2.05, 4.69) is 0 Å². The summed E-state index contributed by atoms with van der Waals surface area (Å²) in [4.78, 5) is 36.9. The van der Waals surface area contributed by atoms with E-state index in [1.165, 1.54) is 6.92 Å². The largest absolute Gasteiger partial charge is 0.456 e. The summed E-state index contributed by atoms with van der Waals surface area (Å²) < 4.78 is 5.78. The first-order valence-electron chi connectivity index (χ1n) is 10.3. The average Bonchev–Trinajstić information content (AvgIpc) is 2.59. The van der Waals surface area contributed by atoms with Gasteiger partial charge in [-0.05, 0) is 51.5 Å². The summed E-state index contributed by atoms with van der Waals surface area (Å²) in [6.45, 7) is 11.2. The second kappa shape index (κ2) is 9.81. The fraction of sp³-hybridized carbons (Fsp3) is 0.696. The number of Topliss-reactive ketones (excluding diaryl/α,β-unsaturated/α-hetero) is 2. The van der Waals surface area contributed by atoms with Crippen LogP contribution in [0.3, 0.4) is 0 Å². The predicted octanol–water partition coefficient (Wildman–Crippen LogP) is 2.97. The SMILES string of the molecule is CC(=O)C[C@H]1/C=C(\C)[C@@H](O)C[C@H]2C(C(C)C)=CC(=O)O[C@]2(C)CC[C@@H](C)C1=O.O. The number of ether oxygens (including phenoxy) is 1. The van der Waals surface area contributed by atoms with Crippen LogP contribution in [0.15, 0.2) is 23.3 Å². The fourth-order valence-corrected chi connectivity index (χ4v) is 4.50. The molecule has 0 radical (unpaired) electrons. The molecule has 2 aliphatic rings. The molecule has 1 aliphatic carbocycles. The predicted molar refractivity (Wildman–Crippen MR) is 111 cm³/mol. The molecule has 0 aromatic heterocycles. The maximum Gasteiger partial charge on any atom is 0.331 e. The standard InChI is InChI=1S/C23H34O5.H2O/c1-13(2)18-11-21(26)28-23(6)8-7-14(3)22(27)17(10-16(5)24)9-15(4)20(25)12-19(18)23;/h9,11,13-14,17,19-20,25H,7-8,10,12H2,1-6H3;1H2/b15-9+;/t14-,17-,19+,20+,23-;/m1./s1. The molecule has 1 aliphatic heterocycles. The highest BCUT2D eigenvalue weighted by molar-refractivity contribution is 5.90. The molecule has 0 fully saturated rings. The van der Waals surface area contributed by atoms with Crippen LogP contribution in [-0.2, 0) is 19.1 Å². The lowest BCUT2D eigenvalue weighted by Crippen LogP contribution is -2.46. The molecule has 0 saturated carbocycles. The molecule has 29 heavy (non-hydrogen) atoms. The number of carbonyl (C=O) groups excluding carboxylic acids is 3. The summed E-state index contributed by atoms with van der Waals surface area (Å²) in [6, 6.07) is 0. The Morgan fingerprint density at radius 1 is 1.34 bits per heavy atom. The molecule has 2 rings (SSSR count). The number of ketones is 2. The Morgan fingerprint density at radius 2 is 1.97 bits per heavy atom. The van der Waals surface area contributed by atoms with Crippen molar-refractivity contribution in [1.82, 2.24) is 0 Å². The summed E-state index contributed by atoms with van der Waals surface area (Å²) in [5.41, 5.74) is 0.918. The van der Waals surface area contributed by atoms with Crippen molar-refractivity contribution in [2.45, 2.75) is 78.9 Å². The van der Waals surface area contributed by atoms with Crippen LogP contribution in [0.1, 0.15) is 67.2 Å². The minimum Gasteiger partial charge on any atom is -0.456 e. The Hall–Kier alpha value is -1.79. The van der Waals surface area contributed by atoms with Gasteiger partial charge >= 0.3 is 5.97 Å². The molecule has 1 heterocycles. The Morgan fingerprint density at radius 3 is 2.52 bits per heavy atom. The molecular formula is C23H36O6. The first kappa shape index (κ1) is 25.2. The number of rotatable bonds is 3. The second-order valence-corrected chi connectivity index (χ2v) is 9.10. The molecule has 0 saturated heterocycles. The molecule has 0 aromatic carbocycles. The number of fused-ring (bicyclic) bond motifs is 1. The average molecular weight is 409 g/mol. The number of allylic oxidation sites excluding steroid dienone is 1. The van der Waals surface area contributed by atoms with E-state index in [0.717, 1.165) is 5.57 Å². The van der Waals surface area contributed by atoms with Crippen molar-refractivity contribution in [3.63, 3.8) is 0 Å². The lowest BCUT2D eigenvalue weighted by molar-refractivity contribution is -0.162. The fourth-order valence-electron chi connectivity index (χ4n) is 4.50. The van der Waals surface area contributed by atoms with Gasteiger partial charge in [0.1, 0.15) is 17.2 Å². The summed E-state index contributed by atoms with van der Waals surface area (Å²) >= 11 is 0. The number of carbonyl (C=O) groups is 3. The monoisotopic (exact) mass is 408 g/mol. The molecule has 6 heteroatoms. The Balaban J connectivity index is 0.00000420. The van der Waals surface area contributed by atoms with Crippen LogP contribution in [0.5, 0.6) is 0 Å². The molecule has 0 unspecified atom stereocenters. The van der Waals surface area contributed by atoms with Crippen LogP contribution >= 0.6 is 0 Å². The summed E-state index contributed by atoms with van der Waals surface area (Å²) in [6.07, 6.45) is 4.25. The molecule has 0 bridgehead atoms. The molecule has 0 aromatic rings. The van der Waals surface area contributed by atoms with E-state index in [0.29, 0.717) is 24.8 Å². The zero-order chi connectivity index (χ0) is 21.2. The van der Waals surface area contributed by atoms with Crippen LogP contribution in [0.2, 0.25) is 0 Å². The summed E-state index contributed by atoms with van der Waals surface area (Å²) in [7, 11) is 0. The molecule has 0 spiro atoms. The van der Waals surface area contributed by atoms with Gasteiger partial charge in [-0.25, -0.2) is 4.79 Å². The van der Waals surface area contributed by atoms with E-state index >= 15 is 0 Å². The molecule has 5 atom stereocenters. The van der Waals surface area contributed by atoms with Crippen LogP contribution in [0.4, 0.5) is 0 Å². The van der Waals surface area contributed by atoms with E-state index in [-0.39, 0.29) is 47.2 Å². The number of hydrogen-bond acceptors (Lipinski definition) is 5. The minimum atomic E-state index is -0.765. The van der Waals surface area contributed by atoms with E-state index < -0.39 is 17.6 Å². The first-order valence-corrected chi connectivity index (χ1v) is 10.3. The Labute approximate surface area is 173 Å². The van der Waals surface area contributed by atoms with Crippen LogP contribution in [0, 0.1) is 23.7 Å². The lowest BCUT2D eigenvalue weighted by Gasteiger charge is -2.43. The third-order valence-corrected chi connectivity index (χ3v) is 6.31. The quantitative estimate of drug-likeness (QED) is 0.570. The van der Waals surface area contributed by atoms with Gasteiger partial charge < -0.3 is 15.3 Å². The number of esters is 1. The lowest BCUT2D eigenvalue weighted by atomic mass is 9.71. The van der Waals surface area contributed by atoms with Gasteiger partial charge in [0.15, 0.2) is 0 Å². The van der Waals surface area contributed by atoms with Crippen molar-refractivity contribution in [3.05, 3.63) is 23.3 Å². The number of hydrogen-bond donors (Lipinski definition) is 1. The molecule has 3 N–H and O–H groups in total. The topological polar surface area (TPSA) is 112 Å². The van der Waals surface area contributed by atoms with E-state index in [1.54, 1.807) is 19.1 Å². The highest BCUT2D eigenvalue weighted by atomic mass is 16.6. The van der Waals surface area contributed by atoms with Crippen LogP contribution in [-0.4, -0.2) is 39.8 Å². The minimum absolute atomic E-state index is 0. The third-order valence-electron chi connectivity index (χ3n) is 6.31. The third kappa shape index (κ3) is 5.86. The number of aliphatic hydroxyl groups is 1. The smallest absolute Gasteiger partial charge is 0.331 e. The van der Waals surface area contributed by atoms with E-state index in [1.807, 2.05) is 27.7 Å². The van der Waals surface area contributed by atoms with Gasteiger partial charge in [-0.1, -0.05) is 32.4 Å². The molecular weight excluding hydrogens is 372 g/mol. The van der Waals surface area contributed by atoms with Crippen molar-refractivity contribution in [2.75, 3.05) is 0 Å². The van der Waals surface area contributed by atoms with Gasteiger partial charge in [0, 0.05) is 30.3 Å². The zero-order valence-corrected chi connectivity index (χ0v) is 18.5. The maximum atomic E-state index is 13.0. The van der Waals surface area contributed by atoms with E-state index in [9.17, 15) is 19.5 Å². The van der Waals surface area contributed by atoms with Gasteiger partial charge in [0.25, 0.3) is 0 Å². The van der Waals surface area contributed by atoms with Gasteiger partial charge in [0.2, 0.25) is 0 Å². The zero-order valence-electron chi connectivity index (χ0n) is 18.5. The number of aliphatic hydroxyl groups excluding tert-OH is 1.